The number of para-hydroxylation sites is 1. The Morgan fingerprint density at radius 3 is 2.39 bits per heavy atom. The van der Waals surface area contributed by atoms with E-state index < -0.39 is 28.4 Å². The molecule has 9 nitrogen and oxygen atoms in total. The van der Waals surface area contributed by atoms with E-state index in [1.165, 1.54) is 24.3 Å². The van der Waals surface area contributed by atoms with Crippen molar-refractivity contribution in [3.05, 3.63) is 95.6 Å². The first-order valence-electron chi connectivity index (χ1n) is 9.74. The quantitative estimate of drug-likeness (QED) is 0.435. The van der Waals surface area contributed by atoms with E-state index in [0.29, 0.717) is 0 Å². The number of nitriles is 1. The minimum absolute atomic E-state index is 0.0358. The Labute approximate surface area is 191 Å². The molecule has 0 aromatic heterocycles. The summed E-state index contributed by atoms with van der Waals surface area (Å²) in [6.45, 7) is -0.332. The number of benzene rings is 3. The Hall–Kier alpha value is -4.20. The molecular weight excluding hydrogens is 444 g/mol. The molecule has 0 atom stereocenters. The molecule has 3 rings (SSSR count). The van der Waals surface area contributed by atoms with E-state index in [2.05, 4.69) is 15.6 Å². The van der Waals surface area contributed by atoms with Crippen LogP contribution in [0.15, 0.2) is 83.8 Å². The van der Waals surface area contributed by atoms with Gasteiger partial charge in [-0.2, -0.15) is 5.26 Å². The number of rotatable bonds is 8. The molecule has 0 saturated heterocycles. The molecule has 10 heteroatoms. The van der Waals surface area contributed by atoms with Crippen LogP contribution < -0.4 is 20.3 Å². The van der Waals surface area contributed by atoms with Crippen LogP contribution in [0.5, 0.6) is 5.75 Å². The predicted octanol–water partition coefficient (Wildman–Crippen LogP) is 1.88. The van der Waals surface area contributed by atoms with Gasteiger partial charge in [0.05, 0.1) is 10.5 Å². The first-order chi connectivity index (χ1) is 15.9. The smallest absolute Gasteiger partial charge is 0.276 e. The number of carbonyl (C=O) groups excluding carboxylic acids is 2. The third-order valence-corrected chi connectivity index (χ3v) is 5.80. The van der Waals surface area contributed by atoms with Crippen molar-refractivity contribution in [3.63, 3.8) is 0 Å². The van der Waals surface area contributed by atoms with Gasteiger partial charge in [-0.25, -0.2) is 13.1 Å². The molecule has 0 unspecified atom stereocenters. The highest BCUT2D eigenvalue weighted by Gasteiger charge is 2.16. The molecule has 0 radical (unpaired) electrons. The molecule has 0 aliphatic rings. The van der Waals surface area contributed by atoms with Gasteiger partial charge in [-0.3, -0.25) is 20.4 Å². The molecule has 0 aliphatic carbocycles. The Morgan fingerprint density at radius 1 is 0.909 bits per heavy atom. The van der Waals surface area contributed by atoms with Gasteiger partial charge in [-0.1, -0.05) is 48.5 Å². The summed E-state index contributed by atoms with van der Waals surface area (Å²) in [6.07, 6.45) is 0. The second-order valence-corrected chi connectivity index (χ2v) is 8.50. The third kappa shape index (κ3) is 6.64. The van der Waals surface area contributed by atoms with Crippen LogP contribution in [0.2, 0.25) is 0 Å². The Kier molecular flexibility index (Phi) is 7.75. The number of sulfonamides is 1. The number of ether oxygens (including phenoxy) is 1. The molecule has 168 valence electrons. The summed E-state index contributed by atoms with van der Waals surface area (Å²) in [5.74, 6) is -1.13. The highest BCUT2D eigenvalue weighted by atomic mass is 32.2. The fraction of sp³-hybridized carbons (Fsp3) is 0.0870. The van der Waals surface area contributed by atoms with E-state index >= 15 is 0 Å². The van der Waals surface area contributed by atoms with E-state index in [0.717, 1.165) is 5.56 Å². The van der Waals surface area contributed by atoms with Crippen LogP contribution in [0, 0.1) is 11.3 Å². The zero-order valence-corrected chi connectivity index (χ0v) is 18.1. The first kappa shape index (κ1) is 23.5. The molecule has 0 heterocycles. The highest BCUT2D eigenvalue weighted by Crippen LogP contribution is 2.16. The normalized spacial score (nSPS) is 10.6. The van der Waals surface area contributed by atoms with Gasteiger partial charge in [0.25, 0.3) is 11.8 Å². The lowest BCUT2D eigenvalue weighted by atomic mass is 10.2. The minimum atomic E-state index is -3.86. The van der Waals surface area contributed by atoms with Crippen molar-refractivity contribution in [3.8, 4) is 11.8 Å². The van der Waals surface area contributed by atoms with Gasteiger partial charge in [0.2, 0.25) is 10.0 Å². The molecule has 2 amide bonds. The van der Waals surface area contributed by atoms with Crippen molar-refractivity contribution < 1.29 is 22.7 Å². The molecule has 33 heavy (non-hydrogen) atoms. The lowest BCUT2D eigenvalue weighted by Gasteiger charge is -2.11. The highest BCUT2D eigenvalue weighted by molar-refractivity contribution is 7.89. The summed E-state index contributed by atoms with van der Waals surface area (Å²) in [4.78, 5) is 24.2. The Morgan fingerprint density at radius 2 is 1.64 bits per heavy atom. The number of nitrogens with one attached hydrogen (secondary N) is 3. The van der Waals surface area contributed by atoms with Crippen LogP contribution in [0.4, 0.5) is 0 Å². The van der Waals surface area contributed by atoms with Crippen molar-refractivity contribution in [2.45, 2.75) is 11.4 Å². The lowest BCUT2D eigenvalue weighted by molar-refractivity contribution is -0.123. The van der Waals surface area contributed by atoms with Crippen molar-refractivity contribution in [2.75, 3.05) is 6.61 Å². The summed E-state index contributed by atoms with van der Waals surface area (Å²) >= 11 is 0. The maximum absolute atomic E-state index is 12.6. The van der Waals surface area contributed by atoms with Gasteiger partial charge in [0.15, 0.2) is 6.61 Å². The summed E-state index contributed by atoms with van der Waals surface area (Å²) in [5, 5.41) is 9.02. The number of nitrogens with zero attached hydrogens (tertiary/aromatic N) is 1. The maximum atomic E-state index is 12.6. The van der Waals surface area contributed by atoms with E-state index in [-0.39, 0.29) is 28.3 Å². The Bertz CT molecular complexity index is 1290. The minimum Gasteiger partial charge on any atom is -0.482 e. The van der Waals surface area contributed by atoms with Crippen LogP contribution >= 0.6 is 0 Å². The van der Waals surface area contributed by atoms with Crippen LogP contribution in [-0.4, -0.2) is 26.8 Å². The van der Waals surface area contributed by atoms with Gasteiger partial charge in [0.1, 0.15) is 11.8 Å². The van der Waals surface area contributed by atoms with Gasteiger partial charge in [-0.05, 0) is 35.9 Å². The number of hydrogen-bond acceptors (Lipinski definition) is 6. The van der Waals surface area contributed by atoms with E-state index in [1.807, 2.05) is 12.1 Å². The molecule has 3 aromatic carbocycles. The molecule has 0 saturated carbocycles. The van der Waals surface area contributed by atoms with Crippen molar-refractivity contribution in [2.24, 2.45) is 0 Å². The van der Waals surface area contributed by atoms with Gasteiger partial charge < -0.3 is 4.74 Å². The summed E-state index contributed by atoms with van der Waals surface area (Å²) in [7, 11) is -3.86. The maximum Gasteiger partial charge on any atom is 0.276 e. The average molecular weight is 465 g/mol. The second-order valence-electron chi connectivity index (χ2n) is 6.74. The molecule has 3 aromatic rings. The molecule has 0 aliphatic heterocycles. The molecular formula is C23H20N4O5S. The summed E-state index contributed by atoms with van der Waals surface area (Å²) in [6, 6.07) is 22.8. The van der Waals surface area contributed by atoms with Gasteiger partial charge in [-0.15, -0.1) is 0 Å². The molecule has 0 bridgehead atoms. The monoisotopic (exact) mass is 464 g/mol. The molecule has 0 fully saturated rings. The molecule has 0 spiro atoms. The van der Waals surface area contributed by atoms with E-state index in [9.17, 15) is 18.0 Å². The van der Waals surface area contributed by atoms with E-state index in [4.69, 9.17) is 10.00 Å². The Balaban J connectivity index is 1.55. The number of hydrogen-bond donors (Lipinski definition) is 3. The number of hydrazine groups is 1. The third-order valence-electron chi connectivity index (χ3n) is 4.40. The summed E-state index contributed by atoms with van der Waals surface area (Å²) in [5.41, 5.74) is 5.48. The van der Waals surface area contributed by atoms with E-state index in [1.54, 1.807) is 48.5 Å². The van der Waals surface area contributed by atoms with Crippen molar-refractivity contribution in [1.29, 1.82) is 5.26 Å². The molecule has 3 N–H and O–H groups in total. The topological polar surface area (TPSA) is 137 Å². The number of carbonyl (C=O) groups is 2. The van der Waals surface area contributed by atoms with Gasteiger partial charge in [0, 0.05) is 12.1 Å². The largest absolute Gasteiger partial charge is 0.482 e. The standard InChI is InChI=1S/C23H20N4O5S/c24-14-19-9-4-5-12-21(19)32-16-22(28)26-27-23(29)18-10-6-11-20(13-18)33(30,31)25-15-17-7-2-1-3-8-17/h1-13,25H,15-16H2,(H,26,28)(H,27,29). The van der Waals surface area contributed by atoms with Crippen molar-refractivity contribution in [1.82, 2.24) is 15.6 Å². The van der Waals surface area contributed by atoms with Gasteiger partial charge >= 0.3 is 0 Å². The SMILES string of the molecule is N#Cc1ccccc1OCC(=O)NNC(=O)c1cccc(S(=O)(=O)NCc2ccccc2)c1. The predicted molar refractivity (Wildman–Crippen MR) is 119 cm³/mol. The lowest BCUT2D eigenvalue weighted by Crippen LogP contribution is -2.43. The van der Waals surface area contributed by atoms with Crippen LogP contribution in [0.3, 0.4) is 0 Å². The van der Waals surface area contributed by atoms with Crippen LogP contribution in [-0.2, 0) is 21.4 Å². The number of amides is 2. The van der Waals surface area contributed by atoms with Crippen molar-refractivity contribution >= 4 is 21.8 Å². The summed E-state index contributed by atoms with van der Waals surface area (Å²) < 4.78 is 32.9. The van der Waals surface area contributed by atoms with Crippen LogP contribution in [0.25, 0.3) is 0 Å². The average Bonchev–Trinajstić information content (AvgIpc) is 2.85. The fourth-order valence-electron chi connectivity index (χ4n) is 2.72. The second kappa shape index (κ2) is 10.9. The first-order valence-corrected chi connectivity index (χ1v) is 11.2. The fourth-order valence-corrected chi connectivity index (χ4v) is 3.79. The zero-order valence-electron chi connectivity index (χ0n) is 17.3. The van der Waals surface area contributed by atoms with Crippen LogP contribution in [0.1, 0.15) is 21.5 Å². The zero-order chi connectivity index (χ0) is 23.7.